The van der Waals surface area contributed by atoms with Gasteiger partial charge in [-0.05, 0) is 19.1 Å². The molecule has 1 amide bonds. The molecule has 3 rings (SSSR count). The number of carbonyl (C=O) groups excluding carboxylic acids is 1. The minimum atomic E-state index is -0.426. The van der Waals surface area contributed by atoms with E-state index in [2.05, 4.69) is 10.2 Å². The van der Waals surface area contributed by atoms with Crippen molar-refractivity contribution in [1.29, 1.82) is 0 Å². The molecule has 1 atom stereocenters. The second-order valence-electron chi connectivity index (χ2n) is 5.05. The molecule has 6 nitrogen and oxygen atoms in total. The molecule has 1 aliphatic heterocycles. The van der Waals surface area contributed by atoms with Gasteiger partial charge in [0, 0.05) is 13.1 Å². The molecular weight excluding hydrogens is 321 g/mol. The Morgan fingerprint density at radius 2 is 2.04 bits per heavy atom. The van der Waals surface area contributed by atoms with Crippen LogP contribution in [0.3, 0.4) is 0 Å². The van der Waals surface area contributed by atoms with Crippen LogP contribution in [0.2, 0.25) is 0 Å². The van der Waals surface area contributed by atoms with Crippen molar-refractivity contribution in [3.63, 3.8) is 0 Å². The molecule has 122 valence electrons. The van der Waals surface area contributed by atoms with Gasteiger partial charge in [-0.25, -0.2) is 4.39 Å². The van der Waals surface area contributed by atoms with E-state index >= 15 is 0 Å². The summed E-state index contributed by atoms with van der Waals surface area (Å²) in [4.78, 5) is 14.1. The van der Waals surface area contributed by atoms with E-state index < -0.39 is 5.82 Å². The molecule has 0 spiro atoms. The van der Waals surface area contributed by atoms with E-state index in [0.717, 1.165) is 0 Å². The Kier molecular flexibility index (Phi) is 4.92. The van der Waals surface area contributed by atoms with Crippen molar-refractivity contribution in [2.75, 3.05) is 26.3 Å². The number of morpholine rings is 1. The standard InChI is InChI=1S/C15H16FN3O3S/c1-10(14(20)19-6-8-21-9-7-19)23-15-18-17-13(22-15)11-4-2-3-5-12(11)16/h2-5,10H,6-9H2,1H3. The first-order chi connectivity index (χ1) is 11.1. The lowest BCUT2D eigenvalue weighted by molar-refractivity contribution is -0.134. The number of hydrogen-bond acceptors (Lipinski definition) is 6. The molecule has 1 aromatic heterocycles. The molecule has 0 bridgehead atoms. The molecule has 0 aliphatic carbocycles. The smallest absolute Gasteiger partial charge is 0.277 e. The van der Waals surface area contributed by atoms with Crippen molar-refractivity contribution >= 4 is 17.7 Å². The van der Waals surface area contributed by atoms with Gasteiger partial charge in [-0.15, -0.1) is 10.2 Å². The third-order valence-electron chi connectivity index (χ3n) is 3.46. The lowest BCUT2D eigenvalue weighted by Crippen LogP contribution is -2.44. The number of thioether (sulfide) groups is 1. The van der Waals surface area contributed by atoms with Gasteiger partial charge in [-0.3, -0.25) is 4.79 Å². The van der Waals surface area contributed by atoms with Crippen LogP contribution >= 0.6 is 11.8 Å². The molecule has 0 N–H and O–H groups in total. The van der Waals surface area contributed by atoms with Crippen LogP contribution < -0.4 is 0 Å². The van der Waals surface area contributed by atoms with Gasteiger partial charge in [0.05, 0.1) is 24.0 Å². The summed E-state index contributed by atoms with van der Waals surface area (Å²) in [6.07, 6.45) is 0. The number of ether oxygens (including phenoxy) is 1. The second-order valence-corrected chi connectivity index (χ2v) is 6.34. The van der Waals surface area contributed by atoms with Gasteiger partial charge in [0.2, 0.25) is 5.91 Å². The first-order valence-electron chi connectivity index (χ1n) is 7.27. The number of rotatable bonds is 4. The first-order valence-corrected chi connectivity index (χ1v) is 8.14. The first kappa shape index (κ1) is 15.9. The summed E-state index contributed by atoms with van der Waals surface area (Å²) in [5, 5.41) is 7.62. The highest BCUT2D eigenvalue weighted by Crippen LogP contribution is 2.28. The Morgan fingerprint density at radius 1 is 1.30 bits per heavy atom. The molecule has 0 radical (unpaired) electrons. The van der Waals surface area contributed by atoms with Crippen LogP contribution in [0.5, 0.6) is 0 Å². The number of halogens is 1. The summed E-state index contributed by atoms with van der Waals surface area (Å²) in [5.41, 5.74) is 0.249. The van der Waals surface area contributed by atoms with E-state index in [1.807, 2.05) is 0 Å². The summed E-state index contributed by atoms with van der Waals surface area (Å²) in [7, 11) is 0. The normalized spacial score (nSPS) is 16.3. The van der Waals surface area contributed by atoms with E-state index in [0.29, 0.717) is 26.3 Å². The van der Waals surface area contributed by atoms with E-state index in [1.54, 1.807) is 30.0 Å². The van der Waals surface area contributed by atoms with Gasteiger partial charge >= 0.3 is 0 Å². The van der Waals surface area contributed by atoms with E-state index in [1.165, 1.54) is 17.8 Å². The Labute approximate surface area is 137 Å². The molecule has 1 aromatic carbocycles. The Balaban J connectivity index is 1.66. The number of nitrogens with zero attached hydrogens (tertiary/aromatic N) is 3. The Bertz CT molecular complexity index is 688. The second kappa shape index (κ2) is 7.10. The van der Waals surface area contributed by atoms with Crippen molar-refractivity contribution in [2.24, 2.45) is 0 Å². The van der Waals surface area contributed by atoms with Crippen molar-refractivity contribution < 1.29 is 18.3 Å². The highest BCUT2D eigenvalue weighted by molar-refractivity contribution is 8.00. The molecule has 1 unspecified atom stereocenters. The Morgan fingerprint density at radius 3 is 2.78 bits per heavy atom. The number of aromatic nitrogens is 2. The lowest BCUT2D eigenvalue weighted by atomic mass is 10.2. The largest absolute Gasteiger partial charge is 0.411 e. The van der Waals surface area contributed by atoms with Gasteiger partial charge in [0.15, 0.2) is 0 Å². The van der Waals surface area contributed by atoms with Crippen LogP contribution in [-0.2, 0) is 9.53 Å². The number of benzene rings is 1. The zero-order valence-corrected chi connectivity index (χ0v) is 13.4. The zero-order valence-electron chi connectivity index (χ0n) is 12.6. The maximum absolute atomic E-state index is 13.7. The molecule has 2 heterocycles. The van der Waals surface area contributed by atoms with Gasteiger partial charge in [0.1, 0.15) is 5.82 Å². The molecule has 23 heavy (non-hydrogen) atoms. The van der Waals surface area contributed by atoms with E-state index in [9.17, 15) is 9.18 Å². The lowest BCUT2D eigenvalue weighted by Gasteiger charge is -2.28. The maximum atomic E-state index is 13.7. The average molecular weight is 337 g/mol. The predicted octanol–water partition coefficient (Wildman–Crippen LogP) is 2.22. The third kappa shape index (κ3) is 3.70. The van der Waals surface area contributed by atoms with Crippen molar-refractivity contribution in [3.05, 3.63) is 30.1 Å². The minimum absolute atomic E-state index is 0.00365. The molecule has 2 aromatic rings. The Hall–Kier alpha value is -1.93. The summed E-state index contributed by atoms with van der Waals surface area (Å²) >= 11 is 1.17. The van der Waals surface area contributed by atoms with Crippen LogP contribution in [0.1, 0.15) is 6.92 Å². The van der Waals surface area contributed by atoms with Crippen molar-refractivity contribution in [2.45, 2.75) is 17.4 Å². The van der Waals surface area contributed by atoms with Crippen LogP contribution in [0.15, 0.2) is 33.9 Å². The highest BCUT2D eigenvalue weighted by Gasteiger charge is 2.25. The van der Waals surface area contributed by atoms with Crippen LogP contribution in [0.4, 0.5) is 4.39 Å². The zero-order chi connectivity index (χ0) is 16.2. The summed E-state index contributed by atoms with van der Waals surface area (Å²) in [5.74, 6) is -0.314. The van der Waals surface area contributed by atoms with E-state index in [-0.39, 0.29) is 27.8 Å². The summed E-state index contributed by atoms with van der Waals surface area (Å²) in [6, 6.07) is 6.18. The van der Waals surface area contributed by atoms with Crippen LogP contribution in [0.25, 0.3) is 11.5 Å². The molecule has 1 saturated heterocycles. The van der Waals surface area contributed by atoms with E-state index in [4.69, 9.17) is 9.15 Å². The summed E-state index contributed by atoms with van der Waals surface area (Å²) < 4.78 is 24.4. The van der Waals surface area contributed by atoms with Crippen LogP contribution in [-0.4, -0.2) is 52.6 Å². The topological polar surface area (TPSA) is 68.5 Å². The number of carbonyl (C=O) groups is 1. The monoisotopic (exact) mass is 337 g/mol. The number of hydrogen-bond donors (Lipinski definition) is 0. The van der Waals surface area contributed by atoms with Crippen molar-refractivity contribution in [1.82, 2.24) is 15.1 Å². The van der Waals surface area contributed by atoms with Gasteiger partial charge in [0.25, 0.3) is 11.1 Å². The fourth-order valence-electron chi connectivity index (χ4n) is 2.24. The SMILES string of the molecule is CC(Sc1nnc(-c2ccccc2F)o1)C(=O)N1CCOCC1. The average Bonchev–Trinajstić information content (AvgIpc) is 3.03. The predicted molar refractivity (Wildman–Crippen MR) is 82.4 cm³/mol. The highest BCUT2D eigenvalue weighted by atomic mass is 32.2. The minimum Gasteiger partial charge on any atom is -0.411 e. The maximum Gasteiger partial charge on any atom is 0.277 e. The van der Waals surface area contributed by atoms with Gasteiger partial charge in [-0.1, -0.05) is 23.9 Å². The number of amides is 1. The summed E-state index contributed by atoms with van der Waals surface area (Å²) in [6.45, 7) is 4.08. The van der Waals surface area contributed by atoms with Gasteiger partial charge < -0.3 is 14.1 Å². The third-order valence-corrected chi connectivity index (χ3v) is 4.38. The van der Waals surface area contributed by atoms with Gasteiger partial charge in [-0.2, -0.15) is 0 Å². The molecule has 1 fully saturated rings. The molecule has 1 aliphatic rings. The van der Waals surface area contributed by atoms with Crippen molar-refractivity contribution in [3.8, 4) is 11.5 Å². The molecular formula is C15H16FN3O3S. The molecule has 8 heteroatoms. The fraction of sp³-hybridized carbons (Fsp3) is 0.400. The quantitative estimate of drug-likeness (QED) is 0.797. The fourth-order valence-corrected chi connectivity index (χ4v) is 3.01. The van der Waals surface area contributed by atoms with Crippen LogP contribution in [0, 0.1) is 5.82 Å². The molecule has 0 saturated carbocycles.